The van der Waals surface area contributed by atoms with E-state index in [1.807, 2.05) is 0 Å². The topological polar surface area (TPSA) is 32.3 Å². The maximum Gasteiger partial charge on any atom is 0.223 e. The number of amides is 1. The van der Waals surface area contributed by atoms with Crippen molar-refractivity contribution < 1.29 is 4.79 Å². The number of nitrogens with zero attached hydrogens (tertiary/aromatic N) is 1. The standard InChI is InChI=1S/C14H22N2OS.ClH/c1-2-9-16(12-7-8-15-11-12)14(17)6-5-13-4-3-10-18-13;/h3-4,10,12,15H,2,5-9,11H2,1H3;1H. The first-order valence-corrected chi connectivity index (χ1v) is 7.71. The summed E-state index contributed by atoms with van der Waals surface area (Å²) in [6.45, 7) is 5.05. The Morgan fingerprint density at radius 2 is 2.42 bits per heavy atom. The molecule has 19 heavy (non-hydrogen) atoms. The largest absolute Gasteiger partial charge is 0.338 e. The van der Waals surface area contributed by atoms with Gasteiger partial charge in [-0.3, -0.25) is 4.79 Å². The molecule has 3 nitrogen and oxygen atoms in total. The molecular weight excluding hydrogens is 280 g/mol. The highest BCUT2D eigenvalue weighted by Crippen LogP contribution is 2.15. The molecule has 1 unspecified atom stereocenters. The Morgan fingerprint density at radius 3 is 3.00 bits per heavy atom. The number of nitrogens with one attached hydrogen (secondary N) is 1. The molecule has 1 fully saturated rings. The van der Waals surface area contributed by atoms with Crippen LogP contribution in [0.15, 0.2) is 17.5 Å². The molecule has 1 amide bonds. The Morgan fingerprint density at radius 1 is 1.58 bits per heavy atom. The van der Waals surface area contributed by atoms with Gasteiger partial charge in [0.25, 0.3) is 0 Å². The van der Waals surface area contributed by atoms with Crippen molar-refractivity contribution in [1.29, 1.82) is 0 Å². The van der Waals surface area contributed by atoms with E-state index in [0.717, 1.165) is 38.9 Å². The van der Waals surface area contributed by atoms with E-state index in [9.17, 15) is 4.79 Å². The molecule has 5 heteroatoms. The fourth-order valence-electron chi connectivity index (χ4n) is 2.49. The molecule has 0 aromatic carbocycles. The highest BCUT2D eigenvalue weighted by molar-refractivity contribution is 7.09. The second-order valence-corrected chi connectivity index (χ2v) is 5.85. The summed E-state index contributed by atoms with van der Waals surface area (Å²) >= 11 is 1.74. The lowest BCUT2D eigenvalue weighted by molar-refractivity contribution is -0.133. The molecule has 0 spiro atoms. The minimum Gasteiger partial charge on any atom is -0.338 e. The first-order chi connectivity index (χ1) is 8.81. The molecule has 1 aromatic heterocycles. The Balaban J connectivity index is 0.00000180. The Kier molecular flexibility index (Phi) is 7.42. The van der Waals surface area contributed by atoms with Crippen LogP contribution in [0.3, 0.4) is 0 Å². The van der Waals surface area contributed by atoms with E-state index in [1.54, 1.807) is 11.3 Å². The van der Waals surface area contributed by atoms with Crippen molar-refractivity contribution >= 4 is 29.7 Å². The van der Waals surface area contributed by atoms with Crippen LogP contribution in [0, 0.1) is 0 Å². The van der Waals surface area contributed by atoms with Gasteiger partial charge in [-0.2, -0.15) is 0 Å². The van der Waals surface area contributed by atoms with Crippen LogP contribution in [0.4, 0.5) is 0 Å². The number of halogens is 1. The second kappa shape index (κ2) is 8.56. The number of hydrogen-bond acceptors (Lipinski definition) is 3. The summed E-state index contributed by atoms with van der Waals surface area (Å²) in [4.78, 5) is 15.7. The minimum absolute atomic E-state index is 0. The van der Waals surface area contributed by atoms with Gasteiger partial charge in [-0.15, -0.1) is 23.7 Å². The molecule has 1 aromatic rings. The van der Waals surface area contributed by atoms with Crippen molar-refractivity contribution in [3.8, 4) is 0 Å². The summed E-state index contributed by atoms with van der Waals surface area (Å²) in [5.74, 6) is 0.318. The molecule has 0 aliphatic carbocycles. The zero-order chi connectivity index (χ0) is 12.8. The monoisotopic (exact) mass is 302 g/mol. The van der Waals surface area contributed by atoms with Gasteiger partial charge in [0.15, 0.2) is 0 Å². The van der Waals surface area contributed by atoms with Gasteiger partial charge in [0.1, 0.15) is 0 Å². The van der Waals surface area contributed by atoms with Crippen molar-refractivity contribution in [2.75, 3.05) is 19.6 Å². The number of aryl methyl sites for hydroxylation is 1. The summed E-state index contributed by atoms with van der Waals surface area (Å²) in [6.07, 6.45) is 3.68. The molecule has 2 heterocycles. The second-order valence-electron chi connectivity index (χ2n) is 4.81. The lowest BCUT2D eigenvalue weighted by Gasteiger charge is -2.28. The van der Waals surface area contributed by atoms with Crippen LogP contribution in [0.2, 0.25) is 0 Å². The Hall–Kier alpha value is -0.580. The van der Waals surface area contributed by atoms with Gasteiger partial charge in [0, 0.05) is 30.4 Å². The van der Waals surface area contributed by atoms with E-state index in [2.05, 4.69) is 34.7 Å². The predicted octanol–water partition coefficient (Wildman–Crippen LogP) is 2.70. The van der Waals surface area contributed by atoms with E-state index in [4.69, 9.17) is 0 Å². The Bertz CT molecular complexity index is 364. The average molecular weight is 303 g/mol. The zero-order valence-corrected chi connectivity index (χ0v) is 13.1. The van der Waals surface area contributed by atoms with Crippen LogP contribution in [0.5, 0.6) is 0 Å². The number of thiophene rings is 1. The van der Waals surface area contributed by atoms with E-state index in [1.165, 1.54) is 4.88 Å². The van der Waals surface area contributed by atoms with Gasteiger partial charge in [-0.25, -0.2) is 0 Å². The maximum absolute atomic E-state index is 12.3. The normalized spacial score (nSPS) is 18.1. The van der Waals surface area contributed by atoms with Gasteiger partial charge in [-0.1, -0.05) is 13.0 Å². The molecule has 0 radical (unpaired) electrons. The van der Waals surface area contributed by atoms with E-state index >= 15 is 0 Å². The lowest BCUT2D eigenvalue weighted by atomic mass is 10.1. The molecule has 0 saturated carbocycles. The van der Waals surface area contributed by atoms with E-state index in [-0.39, 0.29) is 12.4 Å². The average Bonchev–Trinajstić information content (AvgIpc) is 3.05. The predicted molar refractivity (Wildman–Crippen MR) is 83.2 cm³/mol. The van der Waals surface area contributed by atoms with Crippen molar-refractivity contribution in [3.05, 3.63) is 22.4 Å². The van der Waals surface area contributed by atoms with Crippen molar-refractivity contribution in [1.82, 2.24) is 10.2 Å². The van der Waals surface area contributed by atoms with Crippen LogP contribution in [-0.4, -0.2) is 36.5 Å². The zero-order valence-electron chi connectivity index (χ0n) is 11.4. The highest BCUT2D eigenvalue weighted by Gasteiger charge is 2.25. The first kappa shape index (κ1) is 16.5. The van der Waals surface area contributed by atoms with Crippen molar-refractivity contribution in [2.45, 2.75) is 38.6 Å². The first-order valence-electron chi connectivity index (χ1n) is 6.84. The van der Waals surface area contributed by atoms with Crippen LogP contribution in [0.1, 0.15) is 31.1 Å². The van der Waals surface area contributed by atoms with Gasteiger partial charge >= 0.3 is 0 Å². The molecule has 1 aliphatic heterocycles. The molecule has 108 valence electrons. The highest BCUT2D eigenvalue weighted by atomic mass is 35.5. The third kappa shape index (κ3) is 4.79. The molecule has 1 N–H and O–H groups in total. The van der Waals surface area contributed by atoms with Gasteiger partial charge in [-0.05, 0) is 37.3 Å². The minimum atomic E-state index is 0. The SMILES string of the molecule is CCCN(C(=O)CCc1cccs1)C1CCNC1.Cl. The van der Waals surface area contributed by atoms with E-state index < -0.39 is 0 Å². The van der Waals surface area contributed by atoms with Gasteiger partial charge in [0.2, 0.25) is 5.91 Å². The van der Waals surface area contributed by atoms with Crippen LogP contribution >= 0.6 is 23.7 Å². The number of carbonyl (C=O) groups is 1. The van der Waals surface area contributed by atoms with Crippen LogP contribution in [0.25, 0.3) is 0 Å². The third-order valence-corrected chi connectivity index (χ3v) is 4.36. The van der Waals surface area contributed by atoms with E-state index in [0.29, 0.717) is 18.4 Å². The van der Waals surface area contributed by atoms with Crippen LogP contribution < -0.4 is 5.32 Å². The molecule has 1 atom stereocenters. The smallest absolute Gasteiger partial charge is 0.223 e. The molecule has 1 saturated heterocycles. The molecule has 0 bridgehead atoms. The Labute approximate surface area is 125 Å². The number of hydrogen-bond donors (Lipinski definition) is 1. The van der Waals surface area contributed by atoms with Crippen LogP contribution in [-0.2, 0) is 11.2 Å². The molecular formula is C14H23ClN2OS. The quantitative estimate of drug-likeness (QED) is 0.876. The molecule has 2 rings (SSSR count). The summed E-state index contributed by atoms with van der Waals surface area (Å²) < 4.78 is 0. The third-order valence-electron chi connectivity index (χ3n) is 3.43. The number of carbonyl (C=O) groups excluding carboxylic acids is 1. The fourth-order valence-corrected chi connectivity index (χ4v) is 3.19. The molecule has 1 aliphatic rings. The van der Waals surface area contributed by atoms with Crippen molar-refractivity contribution in [2.24, 2.45) is 0 Å². The summed E-state index contributed by atoms with van der Waals surface area (Å²) in [7, 11) is 0. The summed E-state index contributed by atoms with van der Waals surface area (Å²) in [5, 5.41) is 5.42. The number of rotatable bonds is 6. The fraction of sp³-hybridized carbons (Fsp3) is 0.643. The summed E-state index contributed by atoms with van der Waals surface area (Å²) in [6, 6.07) is 4.58. The summed E-state index contributed by atoms with van der Waals surface area (Å²) in [5.41, 5.74) is 0. The maximum atomic E-state index is 12.3. The van der Waals surface area contributed by atoms with Gasteiger partial charge < -0.3 is 10.2 Å². The van der Waals surface area contributed by atoms with Gasteiger partial charge in [0.05, 0.1) is 0 Å². The van der Waals surface area contributed by atoms with Crippen molar-refractivity contribution in [3.63, 3.8) is 0 Å². The lowest BCUT2D eigenvalue weighted by Crippen LogP contribution is -2.42.